The molecular weight excluding hydrogens is 392 g/mol. The number of thiophene rings is 1. The maximum atomic E-state index is 12.3. The van der Waals surface area contributed by atoms with Gasteiger partial charge in [-0.15, -0.1) is 11.3 Å². The lowest BCUT2D eigenvalue weighted by molar-refractivity contribution is -0.119. The van der Waals surface area contributed by atoms with E-state index in [0.29, 0.717) is 28.7 Å². The topological polar surface area (TPSA) is 97.6 Å². The minimum absolute atomic E-state index is 0.252. The number of nitrogens with zero attached hydrogens (tertiary/aromatic N) is 1. The van der Waals surface area contributed by atoms with E-state index in [2.05, 4.69) is 11.4 Å². The molecule has 0 bridgehead atoms. The van der Waals surface area contributed by atoms with Gasteiger partial charge in [0, 0.05) is 4.88 Å². The highest BCUT2D eigenvalue weighted by Crippen LogP contribution is 2.37. The largest absolute Gasteiger partial charge is 0.493 e. The molecular formula is C21H22N2O5S. The molecule has 1 amide bonds. The Labute approximate surface area is 173 Å². The second-order valence-corrected chi connectivity index (χ2v) is 7.55. The number of anilines is 1. The number of fused-ring (bicyclic) bond motifs is 1. The van der Waals surface area contributed by atoms with Crippen molar-refractivity contribution >= 4 is 28.2 Å². The first-order valence-corrected chi connectivity index (χ1v) is 10.2. The van der Waals surface area contributed by atoms with Crippen LogP contribution in [0.5, 0.6) is 11.5 Å². The van der Waals surface area contributed by atoms with E-state index in [4.69, 9.17) is 14.2 Å². The number of nitriles is 1. The van der Waals surface area contributed by atoms with Crippen molar-refractivity contribution in [2.75, 3.05) is 25.6 Å². The molecule has 1 N–H and O–H groups in total. The molecule has 1 aromatic carbocycles. The fraction of sp³-hybridized carbons (Fsp3) is 0.381. The number of ether oxygens (including phenoxy) is 3. The van der Waals surface area contributed by atoms with E-state index >= 15 is 0 Å². The van der Waals surface area contributed by atoms with Gasteiger partial charge in [-0.2, -0.15) is 5.26 Å². The lowest BCUT2D eigenvalue weighted by atomic mass is 9.96. The maximum Gasteiger partial charge on any atom is 0.338 e. The highest BCUT2D eigenvalue weighted by molar-refractivity contribution is 7.16. The van der Waals surface area contributed by atoms with Crippen molar-refractivity contribution in [1.29, 1.82) is 5.26 Å². The summed E-state index contributed by atoms with van der Waals surface area (Å²) in [4.78, 5) is 25.7. The average Bonchev–Trinajstić information content (AvgIpc) is 3.09. The zero-order valence-corrected chi connectivity index (χ0v) is 17.2. The van der Waals surface area contributed by atoms with Gasteiger partial charge in [-0.3, -0.25) is 4.79 Å². The molecule has 1 aromatic heterocycles. The number of esters is 1. The second-order valence-electron chi connectivity index (χ2n) is 6.45. The van der Waals surface area contributed by atoms with Crippen molar-refractivity contribution in [3.8, 4) is 17.6 Å². The molecule has 152 valence electrons. The molecule has 1 aliphatic rings. The lowest BCUT2D eigenvalue weighted by Crippen LogP contribution is -2.21. The van der Waals surface area contributed by atoms with Crippen LogP contribution in [0, 0.1) is 11.3 Å². The minimum Gasteiger partial charge on any atom is -0.493 e. The molecule has 8 heteroatoms. The third-order valence-corrected chi connectivity index (χ3v) is 5.78. The normalized spacial score (nSPS) is 12.4. The standard InChI is InChI=1S/C21H22N2O5S/c1-3-27-16-9-8-13(10-17(16)26-2)21(25)28-12-19(24)23-20-15(11-22)14-6-4-5-7-18(14)29-20/h8-10H,3-7,12H2,1-2H3,(H,23,24). The fourth-order valence-electron chi connectivity index (χ4n) is 3.22. The average molecular weight is 414 g/mol. The van der Waals surface area contributed by atoms with Gasteiger partial charge in [0.15, 0.2) is 18.1 Å². The Balaban J connectivity index is 1.62. The number of methoxy groups -OCH3 is 1. The van der Waals surface area contributed by atoms with E-state index in [0.717, 1.165) is 36.1 Å². The number of rotatable bonds is 7. The first-order valence-electron chi connectivity index (χ1n) is 9.39. The molecule has 0 unspecified atom stereocenters. The highest BCUT2D eigenvalue weighted by atomic mass is 32.1. The van der Waals surface area contributed by atoms with E-state index in [1.54, 1.807) is 12.1 Å². The summed E-state index contributed by atoms with van der Waals surface area (Å²) in [5, 5.41) is 12.7. The summed E-state index contributed by atoms with van der Waals surface area (Å²) >= 11 is 1.43. The van der Waals surface area contributed by atoms with Crippen LogP contribution in [0.2, 0.25) is 0 Å². The number of amides is 1. The second kappa shape index (κ2) is 9.43. The Morgan fingerprint density at radius 3 is 2.76 bits per heavy atom. The molecule has 7 nitrogen and oxygen atoms in total. The molecule has 3 rings (SSSR count). The van der Waals surface area contributed by atoms with E-state index < -0.39 is 18.5 Å². The van der Waals surface area contributed by atoms with Crippen LogP contribution >= 0.6 is 11.3 Å². The van der Waals surface area contributed by atoms with Gasteiger partial charge in [0.2, 0.25) is 0 Å². The Hall–Kier alpha value is -3.05. The molecule has 0 saturated heterocycles. The SMILES string of the molecule is CCOc1ccc(C(=O)OCC(=O)Nc2sc3c(c2C#N)CCCC3)cc1OC. The molecule has 1 heterocycles. The number of aryl methyl sites for hydroxylation is 1. The highest BCUT2D eigenvalue weighted by Gasteiger charge is 2.22. The fourth-order valence-corrected chi connectivity index (χ4v) is 4.47. The summed E-state index contributed by atoms with van der Waals surface area (Å²) in [6.07, 6.45) is 3.93. The zero-order valence-electron chi connectivity index (χ0n) is 16.4. The molecule has 0 spiro atoms. The number of nitrogens with one attached hydrogen (secondary N) is 1. The van der Waals surface area contributed by atoms with Crippen LogP contribution in [0.25, 0.3) is 0 Å². The maximum absolute atomic E-state index is 12.3. The van der Waals surface area contributed by atoms with E-state index in [-0.39, 0.29) is 5.56 Å². The van der Waals surface area contributed by atoms with Crippen LogP contribution < -0.4 is 14.8 Å². The molecule has 0 fully saturated rings. The molecule has 29 heavy (non-hydrogen) atoms. The van der Waals surface area contributed by atoms with Crippen molar-refractivity contribution in [1.82, 2.24) is 0 Å². The third kappa shape index (κ3) is 4.69. The van der Waals surface area contributed by atoms with Crippen molar-refractivity contribution in [2.45, 2.75) is 32.6 Å². The summed E-state index contributed by atoms with van der Waals surface area (Å²) in [5.74, 6) is -0.192. The van der Waals surface area contributed by atoms with Crippen LogP contribution in [0.15, 0.2) is 18.2 Å². The summed E-state index contributed by atoms with van der Waals surface area (Å²) in [6.45, 7) is 1.88. The molecule has 0 aliphatic heterocycles. The van der Waals surface area contributed by atoms with Crippen molar-refractivity contribution in [3.05, 3.63) is 39.8 Å². The van der Waals surface area contributed by atoms with Crippen molar-refractivity contribution in [3.63, 3.8) is 0 Å². The Kier molecular flexibility index (Phi) is 6.73. The van der Waals surface area contributed by atoms with Gasteiger partial charge in [-0.1, -0.05) is 0 Å². The zero-order chi connectivity index (χ0) is 20.8. The number of benzene rings is 1. The quantitative estimate of drug-likeness (QED) is 0.694. The number of hydrogen-bond acceptors (Lipinski definition) is 7. The Morgan fingerprint density at radius 1 is 1.24 bits per heavy atom. The summed E-state index contributed by atoms with van der Waals surface area (Å²) in [7, 11) is 1.48. The number of carbonyl (C=O) groups excluding carboxylic acids is 2. The summed E-state index contributed by atoms with van der Waals surface area (Å²) in [5.41, 5.74) is 1.82. The molecule has 0 radical (unpaired) electrons. The monoisotopic (exact) mass is 414 g/mol. The van der Waals surface area contributed by atoms with E-state index in [1.165, 1.54) is 24.5 Å². The minimum atomic E-state index is -0.646. The predicted molar refractivity (Wildman–Crippen MR) is 109 cm³/mol. The van der Waals surface area contributed by atoms with Gasteiger partial charge in [-0.25, -0.2) is 4.79 Å². The van der Waals surface area contributed by atoms with E-state index in [9.17, 15) is 14.9 Å². The van der Waals surface area contributed by atoms with Crippen LogP contribution in [-0.4, -0.2) is 32.2 Å². The summed E-state index contributed by atoms with van der Waals surface area (Å²) < 4.78 is 15.7. The van der Waals surface area contributed by atoms with Gasteiger partial charge in [0.25, 0.3) is 5.91 Å². The van der Waals surface area contributed by atoms with Crippen LogP contribution in [0.4, 0.5) is 5.00 Å². The van der Waals surface area contributed by atoms with Crippen LogP contribution in [0.3, 0.4) is 0 Å². The van der Waals surface area contributed by atoms with E-state index in [1.807, 2.05) is 6.92 Å². The van der Waals surface area contributed by atoms with Gasteiger partial charge in [0.05, 0.1) is 24.8 Å². The molecule has 2 aromatic rings. The van der Waals surface area contributed by atoms with Gasteiger partial charge in [-0.05, 0) is 56.4 Å². The van der Waals surface area contributed by atoms with Crippen molar-refractivity contribution < 1.29 is 23.8 Å². The Bertz CT molecular complexity index is 961. The lowest BCUT2D eigenvalue weighted by Gasteiger charge is -2.11. The Morgan fingerprint density at radius 2 is 2.03 bits per heavy atom. The third-order valence-electron chi connectivity index (χ3n) is 4.57. The first kappa shape index (κ1) is 20.7. The van der Waals surface area contributed by atoms with Gasteiger partial charge < -0.3 is 19.5 Å². The molecule has 0 saturated carbocycles. The molecule has 1 aliphatic carbocycles. The molecule has 0 atom stereocenters. The smallest absolute Gasteiger partial charge is 0.338 e. The van der Waals surface area contributed by atoms with Gasteiger partial charge in [0.1, 0.15) is 11.1 Å². The van der Waals surface area contributed by atoms with Crippen LogP contribution in [0.1, 0.15) is 46.1 Å². The first-order chi connectivity index (χ1) is 14.1. The number of carbonyl (C=O) groups is 2. The predicted octanol–water partition coefficient (Wildman–Crippen LogP) is 3.70. The summed E-state index contributed by atoms with van der Waals surface area (Å²) in [6, 6.07) is 6.87. The number of hydrogen-bond donors (Lipinski definition) is 1. The van der Waals surface area contributed by atoms with Crippen LogP contribution in [-0.2, 0) is 22.4 Å². The van der Waals surface area contributed by atoms with Gasteiger partial charge >= 0.3 is 5.97 Å². The van der Waals surface area contributed by atoms with Crippen molar-refractivity contribution in [2.24, 2.45) is 0 Å².